The smallest absolute Gasteiger partial charge is 0.303 e. The highest BCUT2D eigenvalue weighted by molar-refractivity contribution is 7.90. The van der Waals surface area contributed by atoms with Crippen molar-refractivity contribution in [3.8, 4) is 0 Å². The molecule has 0 spiro atoms. The standard InChI is InChI=1S/C23H30N4O4S/c1-26(2)32(30,31)27(3)19-15-13-17(14-16-19)22(28)25-21-12-8-7-11-20(21)23(29)24-18-9-5-4-6-10-18/h7-8,11-16,18H,4-6,9-10H2,1-3H3,(H,24,29)(H,25,28). The van der Waals surface area contributed by atoms with Gasteiger partial charge in [0.1, 0.15) is 0 Å². The van der Waals surface area contributed by atoms with Gasteiger partial charge in [0.15, 0.2) is 0 Å². The molecular weight excluding hydrogens is 428 g/mol. The van der Waals surface area contributed by atoms with Gasteiger partial charge in [-0.05, 0) is 49.2 Å². The van der Waals surface area contributed by atoms with Crippen LogP contribution in [0.4, 0.5) is 11.4 Å². The number of rotatable bonds is 7. The molecule has 2 N–H and O–H groups in total. The highest BCUT2D eigenvalue weighted by Gasteiger charge is 2.22. The van der Waals surface area contributed by atoms with Gasteiger partial charge in [-0.2, -0.15) is 12.7 Å². The van der Waals surface area contributed by atoms with Crippen LogP contribution >= 0.6 is 0 Å². The summed E-state index contributed by atoms with van der Waals surface area (Å²) in [5.41, 5.74) is 1.64. The highest BCUT2D eigenvalue weighted by atomic mass is 32.2. The number of hydrogen-bond donors (Lipinski definition) is 2. The van der Waals surface area contributed by atoms with Gasteiger partial charge in [-0.25, -0.2) is 0 Å². The Labute approximate surface area is 189 Å². The molecule has 2 amide bonds. The summed E-state index contributed by atoms with van der Waals surface area (Å²) in [5.74, 6) is -0.578. The quantitative estimate of drug-likeness (QED) is 0.665. The topological polar surface area (TPSA) is 98.8 Å². The largest absolute Gasteiger partial charge is 0.349 e. The Balaban J connectivity index is 1.71. The lowest BCUT2D eigenvalue weighted by Crippen LogP contribution is -2.37. The molecule has 2 aromatic carbocycles. The predicted octanol–water partition coefficient (Wildman–Crippen LogP) is 3.24. The second kappa shape index (κ2) is 10.1. The number of anilines is 2. The van der Waals surface area contributed by atoms with Crippen molar-refractivity contribution in [1.29, 1.82) is 0 Å². The van der Waals surface area contributed by atoms with Crippen molar-refractivity contribution in [2.24, 2.45) is 0 Å². The van der Waals surface area contributed by atoms with E-state index in [4.69, 9.17) is 0 Å². The second-order valence-corrected chi connectivity index (χ2v) is 10.3. The van der Waals surface area contributed by atoms with Crippen LogP contribution in [-0.2, 0) is 10.2 Å². The fraction of sp³-hybridized carbons (Fsp3) is 0.391. The Morgan fingerprint density at radius 3 is 2.12 bits per heavy atom. The maximum Gasteiger partial charge on any atom is 0.303 e. The van der Waals surface area contributed by atoms with E-state index in [-0.39, 0.29) is 17.9 Å². The summed E-state index contributed by atoms with van der Waals surface area (Å²) in [6.07, 6.45) is 5.39. The molecule has 3 rings (SSSR count). The zero-order chi connectivity index (χ0) is 23.3. The molecule has 32 heavy (non-hydrogen) atoms. The van der Waals surface area contributed by atoms with E-state index in [0.717, 1.165) is 34.3 Å². The van der Waals surface area contributed by atoms with Gasteiger partial charge in [-0.1, -0.05) is 31.4 Å². The van der Waals surface area contributed by atoms with Crippen LogP contribution in [0.25, 0.3) is 0 Å². The Morgan fingerprint density at radius 2 is 1.50 bits per heavy atom. The summed E-state index contributed by atoms with van der Waals surface area (Å²) in [7, 11) is 0.740. The number of carbonyl (C=O) groups excluding carboxylic acids is 2. The van der Waals surface area contributed by atoms with E-state index in [1.165, 1.54) is 27.6 Å². The van der Waals surface area contributed by atoms with Gasteiger partial charge in [-0.3, -0.25) is 13.9 Å². The monoisotopic (exact) mass is 458 g/mol. The predicted molar refractivity (Wildman–Crippen MR) is 126 cm³/mol. The van der Waals surface area contributed by atoms with Crippen molar-refractivity contribution in [3.63, 3.8) is 0 Å². The van der Waals surface area contributed by atoms with Crippen LogP contribution in [0.5, 0.6) is 0 Å². The Bertz CT molecular complexity index is 1060. The summed E-state index contributed by atoms with van der Waals surface area (Å²) in [6, 6.07) is 13.3. The van der Waals surface area contributed by atoms with Crippen LogP contribution in [0.3, 0.4) is 0 Å². The van der Waals surface area contributed by atoms with Crippen LogP contribution in [0.15, 0.2) is 48.5 Å². The van der Waals surface area contributed by atoms with E-state index in [1.54, 1.807) is 48.5 Å². The van der Waals surface area contributed by atoms with Gasteiger partial charge >= 0.3 is 10.2 Å². The van der Waals surface area contributed by atoms with Crippen molar-refractivity contribution in [3.05, 3.63) is 59.7 Å². The molecule has 1 aliphatic carbocycles. The number of amides is 2. The lowest BCUT2D eigenvalue weighted by atomic mass is 9.95. The molecule has 0 bridgehead atoms. The molecule has 0 heterocycles. The molecule has 1 aliphatic rings. The van der Waals surface area contributed by atoms with E-state index in [0.29, 0.717) is 22.5 Å². The molecule has 1 fully saturated rings. The van der Waals surface area contributed by atoms with Gasteiger partial charge in [0.2, 0.25) is 0 Å². The summed E-state index contributed by atoms with van der Waals surface area (Å²) in [6.45, 7) is 0. The maximum atomic E-state index is 12.8. The fourth-order valence-electron chi connectivity index (χ4n) is 3.70. The summed E-state index contributed by atoms with van der Waals surface area (Å²) in [5, 5.41) is 5.88. The van der Waals surface area contributed by atoms with E-state index in [9.17, 15) is 18.0 Å². The van der Waals surface area contributed by atoms with Crippen LogP contribution in [-0.4, -0.2) is 51.7 Å². The Kier molecular flexibility index (Phi) is 7.52. The zero-order valence-corrected chi connectivity index (χ0v) is 19.5. The molecule has 2 aromatic rings. The first-order valence-electron chi connectivity index (χ1n) is 10.7. The lowest BCUT2D eigenvalue weighted by Gasteiger charge is -2.23. The first-order chi connectivity index (χ1) is 15.2. The van der Waals surface area contributed by atoms with Gasteiger partial charge in [0, 0.05) is 32.7 Å². The summed E-state index contributed by atoms with van der Waals surface area (Å²) < 4.78 is 26.8. The van der Waals surface area contributed by atoms with Gasteiger partial charge < -0.3 is 10.6 Å². The summed E-state index contributed by atoms with van der Waals surface area (Å²) in [4.78, 5) is 25.6. The molecule has 1 saturated carbocycles. The van der Waals surface area contributed by atoms with E-state index >= 15 is 0 Å². The van der Waals surface area contributed by atoms with Gasteiger partial charge in [0.25, 0.3) is 11.8 Å². The Hall–Kier alpha value is -2.91. The highest BCUT2D eigenvalue weighted by Crippen LogP contribution is 2.22. The molecule has 0 radical (unpaired) electrons. The third-order valence-corrected chi connectivity index (χ3v) is 7.49. The van der Waals surface area contributed by atoms with E-state index < -0.39 is 10.2 Å². The SMILES string of the molecule is CN(C)S(=O)(=O)N(C)c1ccc(C(=O)Nc2ccccc2C(=O)NC2CCCCC2)cc1. The van der Waals surface area contributed by atoms with Gasteiger partial charge in [0.05, 0.1) is 16.9 Å². The van der Waals surface area contributed by atoms with Crippen molar-refractivity contribution < 1.29 is 18.0 Å². The lowest BCUT2D eigenvalue weighted by molar-refractivity contribution is 0.0928. The zero-order valence-electron chi connectivity index (χ0n) is 18.7. The second-order valence-electron chi connectivity index (χ2n) is 8.11. The third-order valence-electron chi connectivity index (χ3n) is 5.66. The van der Waals surface area contributed by atoms with Crippen molar-refractivity contribution in [2.75, 3.05) is 30.8 Å². The molecule has 0 unspecified atom stereocenters. The number of benzene rings is 2. The van der Waals surface area contributed by atoms with Crippen LogP contribution < -0.4 is 14.9 Å². The third kappa shape index (κ3) is 5.46. The molecule has 0 atom stereocenters. The minimum absolute atomic E-state index is 0.169. The first kappa shape index (κ1) is 23.7. The van der Waals surface area contributed by atoms with Crippen LogP contribution in [0, 0.1) is 0 Å². The Morgan fingerprint density at radius 1 is 0.875 bits per heavy atom. The van der Waals surface area contributed by atoms with Crippen molar-refractivity contribution >= 4 is 33.4 Å². The molecule has 0 saturated heterocycles. The number of nitrogens with zero attached hydrogens (tertiary/aromatic N) is 2. The molecule has 172 valence electrons. The average molecular weight is 459 g/mol. The molecular formula is C23H30N4O4S. The number of carbonyl (C=O) groups is 2. The number of para-hydroxylation sites is 1. The molecule has 8 nitrogen and oxygen atoms in total. The molecule has 0 aromatic heterocycles. The van der Waals surface area contributed by atoms with Crippen LogP contribution in [0.1, 0.15) is 52.8 Å². The number of nitrogens with one attached hydrogen (secondary N) is 2. The molecule has 0 aliphatic heterocycles. The maximum absolute atomic E-state index is 12.8. The first-order valence-corrected chi connectivity index (χ1v) is 12.1. The molecule has 9 heteroatoms. The van der Waals surface area contributed by atoms with Gasteiger partial charge in [-0.15, -0.1) is 0 Å². The van der Waals surface area contributed by atoms with Crippen molar-refractivity contribution in [1.82, 2.24) is 9.62 Å². The minimum atomic E-state index is -3.62. The van der Waals surface area contributed by atoms with Crippen LogP contribution in [0.2, 0.25) is 0 Å². The van der Waals surface area contributed by atoms with E-state index in [1.807, 2.05) is 0 Å². The number of hydrogen-bond acceptors (Lipinski definition) is 4. The normalized spacial score (nSPS) is 14.8. The van der Waals surface area contributed by atoms with Crippen molar-refractivity contribution in [2.45, 2.75) is 38.1 Å². The minimum Gasteiger partial charge on any atom is -0.349 e. The average Bonchev–Trinajstić information content (AvgIpc) is 2.79. The van der Waals surface area contributed by atoms with E-state index in [2.05, 4.69) is 10.6 Å². The fourth-order valence-corrected chi connectivity index (χ4v) is 4.57. The summed E-state index contributed by atoms with van der Waals surface area (Å²) >= 11 is 0.